The minimum Gasteiger partial charge on any atom is -0.486 e. The molecule has 4 N–H and O–H groups in total. The first-order valence-corrected chi connectivity index (χ1v) is 17.6. The molecule has 0 saturated carbocycles. The molecule has 3 aromatic heterocycles. The Morgan fingerprint density at radius 1 is 0.630 bits per heavy atom. The van der Waals surface area contributed by atoms with Gasteiger partial charge in [-0.3, -0.25) is 9.59 Å². The first kappa shape index (κ1) is 33.7. The Morgan fingerprint density at radius 2 is 1.07 bits per heavy atom. The van der Waals surface area contributed by atoms with Gasteiger partial charge in [0.15, 0.2) is 17.4 Å². The maximum atomic E-state index is 11.6. The molecule has 9 rings (SSSR count). The number of hydrogen-bond acceptors (Lipinski definition) is 8. The molecule has 54 heavy (non-hydrogen) atoms. The molecule has 16 heteroatoms. The summed E-state index contributed by atoms with van der Waals surface area (Å²) < 4.78 is 7.79. The van der Waals surface area contributed by atoms with E-state index in [2.05, 4.69) is 9.97 Å². The van der Waals surface area contributed by atoms with E-state index in [1.807, 2.05) is 84.4 Å². The number of fused-ring (bicyclic) bond motifs is 20. The zero-order valence-electron chi connectivity index (χ0n) is 27.9. The van der Waals surface area contributed by atoms with Crippen LogP contribution in [0.1, 0.15) is 12.8 Å². The summed E-state index contributed by atoms with van der Waals surface area (Å²) in [7, 11) is 1.84. The van der Waals surface area contributed by atoms with Crippen LogP contribution in [-0.4, -0.2) is 63.1 Å². The number of carbonyl (C=O) groups is 2. The van der Waals surface area contributed by atoms with E-state index in [4.69, 9.17) is 64.5 Å². The second-order valence-corrected chi connectivity index (χ2v) is 13.8. The van der Waals surface area contributed by atoms with Gasteiger partial charge in [0.25, 0.3) is 11.6 Å². The number of aromatic amines is 2. The van der Waals surface area contributed by atoms with E-state index in [9.17, 15) is 19.8 Å². The van der Waals surface area contributed by atoms with Crippen LogP contribution in [0.2, 0.25) is 15.1 Å². The van der Waals surface area contributed by atoms with Crippen molar-refractivity contribution < 1.29 is 29.1 Å². The lowest BCUT2D eigenvalue weighted by Crippen LogP contribution is -2.30. The van der Waals surface area contributed by atoms with Crippen molar-refractivity contribution in [3.05, 3.63) is 87.9 Å². The molecule has 8 bridgehead atoms. The van der Waals surface area contributed by atoms with E-state index < -0.39 is 30.9 Å². The SMILES string of the molecule is C[n+]1c2nc3[nH]c(nc4nc(nc5[nH]c(nc1-c1ccccc1-2)c1c(Cl)c(OC(CC(=O)O)CC(=O)O)c(Cl)c(Cl)c51)-c1ccccc1-4)c1ccccc31. The predicted octanol–water partition coefficient (Wildman–Crippen LogP) is 7.96. The maximum Gasteiger partial charge on any atom is 0.307 e. The van der Waals surface area contributed by atoms with Crippen molar-refractivity contribution in [2.24, 2.45) is 7.05 Å². The number of hydrogen-bond donors (Lipinski definition) is 4. The molecule has 0 spiro atoms. The highest BCUT2D eigenvalue weighted by molar-refractivity contribution is 6.51. The first-order valence-electron chi connectivity index (χ1n) is 16.5. The smallest absolute Gasteiger partial charge is 0.307 e. The topological polar surface area (TPSA) is 184 Å². The summed E-state index contributed by atoms with van der Waals surface area (Å²) in [5, 5.41) is 21.0. The Morgan fingerprint density at radius 3 is 1.65 bits per heavy atom. The van der Waals surface area contributed by atoms with Crippen LogP contribution in [0, 0.1) is 0 Å². The molecule has 0 amide bonds. The van der Waals surface area contributed by atoms with Gasteiger partial charge in [-0.1, -0.05) is 99.4 Å². The van der Waals surface area contributed by atoms with Gasteiger partial charge < -0.3 is 24.9 Å². The van der Waals surface area contributed by atoms with Crippen molar-refractivity contribution in [3.63, 3.8) is 0 Å². The lowest BCUT2D eigenvalue weighted by molar-refractivity contribution is -0.650. The zero-order valence-corrected chi connectivity index (χ0v) is 30.1. The lowest BCUT2D eigenvalue weighted by atomic mass is 10.1. The van der Waals surface area contributed by atoms with Gasteiger partial charge in [0.05, 0.1) is 51.8 Å². The monoisotopic (exact) mass is 777 g/mol. The minimum absolute atomic E-state index is 0.0388. The highest BCUT2D eigenvalue weighted by Gasteiger charge is 2.32. The van der Waals surface area contributed by atoms with Gasteiger partial charge in [-0.2, -0.15) is 0 Å². The van der Waals surface area contributed by atoms with E-state index in [0.717, 1.165) is 27.5 Å². The van der Waals surface area contributed by atoms with E-state index in [1.54, 1.807) is 0 Å². The highest BCUT2D eigenvalue weighted by atomic mass is 35.5. The summed E-state index contributed by atoms with van der Waals surface area (Å²) in [6, 6.07) is 23.1. The Balaban J connectivity index is 1.45. The molecule has 2 aliphatic heterocycles. The lowest BCUT2D eigenvalue weighted by Gasteiger charge is -2.18. The number of carboxylic acids is 2. The molecule has 0 unspecified atom stereocenters. The Kier molecular flexibility index (Phi) is 7.96. The van der Waals surface area contributed by atoms with Crippen LogP contribution < -0.4 is 9.30 Å². The van der Waals surface area contributed by atoms with Crippen molar-refractivity contribution in [2.75, 3.05) is 0 Å². The predicted molar refractivity (Wildman–Crippen MR) is 203 cm³/mol. The molecule has 266 valence electrons. The van der Waals surface area contributed by atoms with Crippen molar-refractivity contribution >= 4 is 90.9 Å². The average Bonchev–Trinajstić information content (AvgIpc) is 3.86. The molecule has 5 heterocycles. The number of ether oxygens (including phenoxy) is 1. The third-order valence-electron chi connectivity index (χ3n) is 9.29. The molecular formula is C38H24Cl3N8O5+. The van der Waals surface area contributed by atoms with E-state index in [0.29, 0.717) is 40.2 Å². The van der Waals surface area contributed by atoms with Crippen molar-refractivity contribution in [3.8, 4) is 51.3 Å². The average molecular weight is 779 g/mol. The van der Waals surface area contributed by atoms with Gasteiger partial charge in [0, 0.05) is 21.9 Å². The number of carboxylic acid groups (broad SMARTS) is 2. The fraction of sp³-hybridized carbons (Fsp3) is 0.105. The van der Waals surface area contributed by atoms with Gasteiger partial charge in [-0.15, -0.1) is 0 Å². The second kappa shape index (κ2) is 12.8. The van der Waals surface area contributed by atoms with Crippen molar-refractivity contribution in [1.82, 2.24) is 34.9 Å². The number of H-pyrrole nitrogens is 2. The number of benzene rings is 4. The summed E-state index contributed by atoms with van der Waals surface area (Å²) >= 11 is 20.9. The van der Waals surface area contributed by atoms with Gasteiger partial charge in [0.1, 0.15) is 22.4 Å². The number of aliphatic carboxylic acids is 2. The third kappa shape index (κ3) is 5.39. The molecule has 0 saturated heterocycles. The standard InChI is InChI=1S/C38H23Cl3N8O5/c1-49-37-21-12-6-7-13-22(21)38(49)48-36-26-25(27(39)29(41)30(28(26)40)54-16(14-23(50)51)15-24(52)53)35(46-36)45-33-18-9-3-2-8-17(18)31(43-33)42-32-19-10-4-5-11-20(19)34(44-32)47-37/h2-13,16H,14-15H2,1H3,(H3,42,43,44,45,46,47,48,50,51,52,53)/p+1. The Labute approximate surface area is 318 Å². The summed E-state index contributed by atoms with van der Waals surface area (Å²) in [5.41, 5.74) is 4.63. The summed E-state index contributed by atoms with van der Waals surface area (Å²) in [6.07, 6.45) is -2.60. The molecule has 0 radical (unpaired) electrons. The number of aromatic nitrogens is 8. The van der Waals surface area contributed by atoms with Crippen LogP contribution in [-0.2, 0) is 16.6 Å². The van der Waals surface area contributed by atoms with Crippen molar-refractivity contribution in [2.45, 2.75) is 18.9 Å². The van der Waals surface area contributed by atoms with Crippen LogP contribution in [0.25, 0.3) is 89.7 Å². The first-order chi connectivity index (χ1) is 26.1. The van der Waals surface area contributed by atoms with Gasteiger partial charge >= 0.3 is 11.9 Å². The maximum absolute atomic E-state index is 11.6. The number of halogens is 3. The molecule has 13 nitrogen and oxygen atoms in total. The largest absolute Gasteiger partial charge is 0.486 e. The molecule has 0 aliphatic carbocycles. The fourth-order valence-corrected chi connectivity index (χ4v) is 7.79. The number of nitrogens with one attached hydrogen (secondary N) is 2. The van der Waals surface area contributed by atoms with Crippen LogP contribution in [0.3, 0.4) is 0 Å². The van der Waals surface area contributed by atoms with Crippen molar-refractivity contribution in [1.29, 1.82) is 0 Å². The molecule has 2 aliphatic rings. The number of rotatable bonds is 6. The normalized spacial score (nSPS) is 11.9. The molecule has 7 aromatic rings. The van der Waals surface area contributed by atoms with Gasteiger partial charge in [-0.25, -0.2) is 19.5 Å². The molecular weight excluding hydrogens is 755 g/mol. The van der Waals surface area contributed by atoms with E-state index in [-0.39, 0.29) is 42.9 Å². The molecule has 0 atom stereocenters. The van der Waals surface area contributed by atoms with Gasteiger partial charge in [-0.05, 0) is 18.2 Å². The van der Waals surface area contributed by atoms with Crippen LogP contribution in [0.15, 0.2) is 72.8 Å². The van der Waals surface area contributed by atoms with E-state index in [1.165, 1.54) is 0 Å². The van der Waals surface area contributed by atoms with Crippen LogP contribution in [0.4, 0.5) is 0 Å². The molecule has 4 aromatic carbocycles. The van der Waals surface area contributed by atoms with E-state index >= 15 is 0 Å². The summed E-state index contributed by atoms with van der Waals surface area (Å²) in [4.78, 5) is 55.1. The number of nitrogens with zero attached hydrogens (tertiary/aromatic N) is 6. The molecule has 0 fully saturated rings. The second-order valence-electron chi connectivity index (χ2n) is 12.7. The van der Waals surface area contributed by atoms with Crippen LogP contribution in [0.5, 0.6) is 5.75 Å². The fourth-order valence-electron chi connectivity index (χ4n) is 6.92. The quantitative estimate of drug-likeness (QED) is 0.0954. The summed E-state index contributed by atoms with van der Waals surface area (Å²) in [6.45, 7) is 0. The van der Waals surface area contributed by atoms with Crippen LogP contribution >= 0.6 is 34.8 Å². The Hall–Kier alpha value is -6.15. The zero-order chi connectivity index (χ0) is 37.4. The minimum atomic E-state index is -1.33. The Bertz CT molecular complexity index is 2950. The van der Waals surface area contributed by atoms with Gasteiger partial charge in [0.2, 0.25) is 11.3 Å². The summed E-state index contributed by atoms with van der Waals surface area (Å²) in [5.74, 6) is -0.890. The highest BCUT2D eigenvalue weighted by Crippen LogP contribution is 2.48. The third-order valence-corrected chi connectivity index (χ3v) is 10.5.